The summed E-state index contributed by atoms with van der Waals surface area (Å²) in [4.78, 5) is 41.2. The summed E-state index contributed by atoms with van der Waals surface area (Å²) < 4.78 is 0. The quantitative estimate of drug-likeness (QED) is 0.754. The fourth-order valence-corrected chi connectivity index (χ4v) is 5.03. The number of amides is 4. The van der Waals surface area contributed by atoms with Gasteiger partial charge < -0.3 is 5.32 Å². The lowest BCUT2D eigenvalue weighted by atomic mass is 9.87. The van der Waals surface area contributed by atoms with Crippen LogP contribution in [0.2, 0.25) is 0 Å². The van der Waals surface area contributed by atoms with Gasteiger partial charge in [-0.3, -0.25) is 14.5 Å². The Bertz CT molecular complexity index is 961. The second kappa shape index (κ2) is 7.38. The first-order valence-electron chi connectivity index (χ1n) is 9.34. The van der Waals surface area contributed by atoms with E-state index in [4.69, 9.17) is 0 Å². The number of imide groups is 1. The van der Waals surface area contributed by atoms with Crippen LogP contribution >= 0.6 is 22.7 Å². The third kappa shape index (κ3) is 3.72. The van der Waals surface area contributed by atoms with E-state index >= 15 is 0 Å². The number of hydrazone groups is 1. The van der Waals surface area contributed by atoms with E-state index in [0.717, 1.165) is 20.4 Å². The highest BCUT2D eigenvalue weighted by Gasteiger charge is 2.46. The van der Waals surface area contributed by atoms with Gasteiger partial charge in [-0.05, 0) is 28.3 Å². The zero-order valence-electron chi connectivity index (χ0n) is 16.4. The SMILES string of the molecule is CC(C)(C)[C@H]1NC(=O)N(CC(=O)N2N=C(c3cccs3)C[C@@H]2c2cccs2)C1=O. The Kier molecular flexibility index (Phi) is 5.04. The van der Waals surface area contributed by atoms with Gasteiger partial charge >= 0.3 is 6.03 Å². The molecule has 2 atom stereocenters. The van der Waals surface area contributed by atoms with Crippen LogP contribution in [-0.4, -0.2) is 46.1 Å². The first kappa shape index (κ1) is 19.8. The van der Waals surface area contributed by atoms with Crippen LogP contribution in [0.4, 0.5) is 4.79 Å². The molecule has 0 radical (unpaired) electrons. The van der Waals surface area contributed by atoms with Crippen LogP contribution in [0, 0.1) is 5.41 Å². The van der Waals surface area contributed by atoms with Crippen LogP contribution in [0.1, 0.15) is 43.0 Å². The van der Waals surface area contributed by atoms with E-state index in [-0.39, 0.29) is 24.4 Å². The third-order valence-electron chi connectivity index (χ3n) is 5.03. The van der Waals surface area contributed by atoms with Gasteiger partial charge in [0.1, 0.15) is 12.6 Å². The second-order valence-electron chi connectivity index (χ2n) is 8.17. The molecule has 0 spiro atoms. The van der Waals surface area contributed by atoms with Crippen molar-refractivity contribution in [1.29, 1.82) is 0 Å². The molecule has 2 aromatic rings. The number of hydrogen-bond donors (Lipinski definition) is 1. The smallest absolute Gasteiger partial charge is 0.325 e. The lowest BCUT2D eigenvalue weighted by molar-refractivity contribution is -0.139. The molecule has 1 N–H and O–H groups in total. The van der Waals surface area contributed by atoms with Crippen molar-refractivity contribution in [1.82, 2.24) is 15.2 Å². The normalized spacial score (nSPS) is 22.2. The minimum atomic E-state index is -0.639. The second-order valence-corrected chi connectivity index (χ2v) is 10.1. The average Bonchev–Trinajstić information content (AvgIpc) is 3.42. The molecule has 9 heteroatoms. The number of rotatable bonds is 4. The van der Waals surface area contributed by atoms with Crippen molar-refractivity contribution in [2.24, 2.45) is 10.5 Å². The maximum Gasteiger partial charge on any atom is 0.325 e. The summed E-state index contributed by atoms with van der Waals surface area (Å²) >= 11 is 3.14. The summed E-state index contributed by atoms with van der Waals surface area (Å²) in [6.45, 7) is 5.32. The lowest BCUT2D eigenvalue weighted by Gasteiger charge is -2.25. The van der Waals surface area contributed by atoms with Crippen LogP contribution in [0.5, 0.6) is 0 Å². The first-order valence-corrected chi connectivity index (χ1v) is 11.1. The number of nitrogens with one attached hydrogen (secondary N) is 1. The Morgan fingerprint density at radius 1 is 1.21 bits per heavy atom. The number of thiophene rings is 2. The summed E-state index contributed by atoms with van der Waals surface area (Å²) in [5.41, 5.74) is 0.416. The molecule has 0 unspecified atom stereocenters. The Hall–Kier alpha value is -2.52. The molecule has 0 bridgehead atoms. The highest BCUT2D eigenvalue weighted by atomic mass is 32.1. The molecule has 2 aliphatic heterocycles. The van der Waals surface area contributed by atoms with Gasteiger partial charge in [-0.15, -0.1) is 22.7 Å². The first-order chi connectivity index (χ1) is 13.8. The predicted octanol–water partition coefficient (Wildman–Crippen LogP) is 3.45. The topological polar surface area (TPSA) is 82.1 Å². The molecule has 2 aliphatic rings. The fraction of sp³-hybridized carbons (Fsp3) is 0.400. The highest BCUT2D eigenvalue weighted by Crippen LogP contribution is 2.36. The van der Waals surface area contributed by atoms with Gasteiger partial charge in [0, 0.05) is 11.3 Å². The van der Waals surface area contributed by atoms with E-state index in [9.17, 15) is 14.4 Å². The van der Waals surface area contributed by atoms with E-state index in [1.807, 2.05) is 55.8 Å². The third-order valence-corrected chi connectivity index (χ3v) is 6.92. The van der Waals surface area contributed by atoms with Crippen molar-refractivity contribution in [2.75, 3.05) is 6.54 Å². The molecule has 0 aromatic carbocycles. The molecule has 2 aromatic heterocycles. The molecule has 0 aliphatic carbocycles. The van der Waals surface area contributed by atoms with Crippen LogP contribution < -0.4 is 5.32 Å². The van der Waals surface area contributed by atoms with Crippen molar-refractivity contribution in [3.63, 3.8) is 0 Å². The van der Waals surface area contributed by atoms with E-state index in [2.05, 4.69) is 10.4 Å². The Morgan fingerprint density at radius 2 is 1.93 bits per heavy atom. The van der Waals surface area contributed by atoms with Crippen LogP contribution in [0.25, 0.3) is 0 Å². The monoisotopic (exact) mass is 430 g/mol. The summed E-state index contributed by atoms with van der Waals surface area (Å²) in [5.74, 6) is -0.738. The van der Waals surface area contributed by atoms with Crippen molar-refractivity contribution < 1.29 is 14.4 Å². The van der Waals surface area contributed by atoms with E-state index in [1.54, 1.807) is 22.7 Å². The van der Waals surface area contributed by atoms with Crippen molar-refractivity contribution >= 4 is 46.2 Å². The molecule has 152 valence electrons. The summed E-state index contributed by atoms with van der Waals surface area (Å²) in [6, 6.07) is 6.46. The number of hydrogen-bond acceptors (Lipinski definition) is 6. The van der Waals surface area contributed by atoms with Gasteiger partial charge in [-0.25, -0.2) is 9.80 Å². The molecule has 7 nitrogen and oxygen atoms in total. The molecule has 1 saturated heterocycles. The maximum atomic E-state index is 13.1. The summed E-state index contributed by atoms with van der Waals surface area (Å²) in [7, 11) is 0. The van der Waals surface area contributed by atoms with Crippen LogP contribution in [-0.2, 0) is 9.59 Å². The Labute approximate surface area is 177 Å². The largest absolute Gasteiger partial charge is 0.325 e. The van der Waals surface area contributed by atoms with Gasteiger partial charge in [0.2, 0.25) is 0 Å². The fourth-order valence-electron chi connectivity index (χ4n) is 3.50. The molecule has 29 heavy (non-hydrogen) atoms. The van der Waals surface area contributed by atoms with Crippen molar-refractivity contribution in [2.45, 2.75) is 39.3 Å². The highest BCUT2D eigenvalue weighted by molar-refractivity contribution is 7.12. The van der Waals surface area contributed by atoms with Gasteiger partial charge in [-0.1, -0.05) is 32.9 Å². The van der Waals surface area contributed by atoms with E-state index in [0.29, 0.717) is 6.42 Å². The molecule has 4 rings (SSSR count). The van der Waals surface area contributed by atoms with E-state index in [1.165, 1.54) is 5.01 Å². The van der Waals surface area contributed by atoms with Gasteiger partial charge in [0.25, 0.3) is 11.8 Å². The predicted molar refractivity (Wildman–Crippen MR) is 113 cm³/mol. The Morgan fingerprint density at radius 3 is 2.52 bits per heavy atom. The van der Waals surface area contributed by atoms with Crippen molar-refractivity contribution in [3.05, 3.63) is 44.8 Å². The average molecular weight is 431 g/mol. The van der Waals surface area contributed by atoms with Gasteiger partial charge in [-0.2, -0.15) is 5.10 Å². The molecule has 4 amide bonds. The minimum absolute atomic E-state index is 0.223. The van der Waals surface area contributed by atoms with Crippen LogP contribution in [0.15, 0.2) is 40.1 Å². The van der Waals surface area contributed by atoms with E-state index < -0.39 is 17.5 Å². The molecule has 1 fully saturated rings. The maximum absolute atomic E-state index is 13.1. The zero-order chi connectivity index (χ0) is 20.8. The standard InChI is InChI=1S/C20H22N4O3S2/c1-20(2,3)17-18(26)23(19(27)21-17)11-16(25)24-13(15-7-5-9-29-15)10-12(22-24)14-6-4-8-28-14/h4-9,13,17H,10-11H2,1-3H3,(H,21,27)/t13-,17+/m1/s1. The molecule has 0 saturated carbocycles. The lowest BCUT2D eigenvalue weighted by Crippen LogP contribution is -2.43. The summed E-state index contributed by atoms with van der Waals surface area (Å²) in [6.07, 6.45) is 0.609. The minimum Gasteiger partial charge on any atom is -0.325 e. The molecule has 4 heterocycles. The van der Waals surface area contributed by atoms with Gasteiger partial charge in [0.05, 0.1) is 16.6 Å². The summed E-state index contributed by atoms with van der Waals surface area (Å²) in [5, 5.41) is 12.6. The molecular formula is C20H22N4O3S2. The van der Waals surface area contributed by atoms with Gasteiger partial charge in [0.15, 0.2) is 0 Å². The van der Waals surface area contributed by atoms with Crippen LogP contribution in [0.3, 0.4) is 0 Å². The number of nitrogens with zero attached hydrogens (tertiary/aromatic N) is 3. The number of carbonyl (C=O) groups excluding carboxylic acids is 3. The molecular weight excluding hydrogens is 408 g/mol. The number of urea groups is 1. The number of carbonyl (C=O) groups is 3. The van der Waals surface area contributed by atoms with Crippen molar-refractivity contribution in [3.8, 4) is 0 Å². The zero-order valence-corrected chi connectivity index (χ0v) is 18.0. The Balaban J connectivity index is 1.57.